The van der Waals surface area contributed by atoms with E-state index in [9.17, 15) is 10.1 Å². The molecule has 156 valence electrons. The standard InChI is InChI=1S/C18H14Cl3N5O4/c1-29-14-7-15(30-2)13(6-12(14)21)25-18-16(26(27)28)17(22-8-23-18)24-11-4-9(19)3-10(20)5-11/h3-8H,1-2H3,(H2,22,23,24,25). The topological polar surface area (TPSA) is 111 Å². The van der Waals surface area contributed by atoms with Crippen molar-refractivity contribution in [2.75, 3.05) is 24.9 Å². The van der Waals surface area contributed by atoms with Crippen molar-refractivity contribution in [1.29, 1.82) is 0 Å². The van der Waals surface area contributed by atoms with Gasteiger partial charge < -0.3 is 20.1 Å². The van der Waals surface area contributed by atoms with E-state index in [0.29, 0.717) is 32.9 Å². The molecule has 30 heavy (non-hydrogen) atoms. The normalized spacial score (nSPS) is 10.4. The summed E-state index contributed by atoms with van der Waals surface area (Å²) < 4.78 is 10.5. The Kier molecular flexibility index (Phi) is 6.66. The van der Waals surface area contributed by atoms with Crippen molar-refractivity contribution in [1.82, 2.24) is 9.97 Å². The highest BCUT2D eigenvalue weighted by Crippen LogP contribution is 2.40. The fourth-order valence-electron chi connectivity index (χ4n) is 2.58. The van der Waals surface area contributed by atoms with Gasteiger partial charge in [-0.2, -0.15) is 0 Å². The number of nitrogens with zero attached hydrogens (tertiary/aromatic N) is 3. The van der Waals surface area contributed by atoms with Crippen molar-refractivity contribution in [2.24, 2.45) is 0 Å². The lowest BCUT2D eigenvalue weighted by Gasteiger charge is -2.14. The van der Waals surface area contributed by atoms with Gasteiger partial charge in [-0.05, 0) is 24.3 Å². The average molecular weight is 471 g/mol. The number of benzene rings is 2. The molecule has 0 radical (unpaired) electrons. The van der Waals surface area contributed by atoms with Gasteiger partial charge in [0.1, 0.15) is 17.8 Å². The zero-order valence-electron chi connectivity index (χ0n) is 15.6. The lowest BCUT2D eigenvalue weighted by atomic mass is 10.2. The maximum atomic E-state index is 11.8. The molecule has 0 fully saturated rings. The second kappa shape index (κ2) is 9.21. The molecule has 0 aliphatic rings. The number of halogens is 3. The quantitative estimate of drug-likeness (QED) is 0.327. The van der Waals surface area contributed by atoms with E-state index in [-0.39, 0.29) is 16.7 Å². The molecule has 1 heterocycles. The SMILES string of the molecule is COc1cc(OC)c(Nc2ncnc(Nc3cc(Cl)cc(Cl)c3)c2[N+](=O)[O-])cc1Cl. The van der Waals surface area contributed by atoms with Crippen molar-refractivity contribution in [3.8, 4) is 11.5 Å². The van der Waals surface area contributed by atoms with E-state index in [0.717, 1.165) is 0 Å². The van der Waals surface area contributed by atoms with Gasteiger partial charge >= 0.3 is 5.69 Å². The number of hydrogen-bond donors (Lipinski definition) is 2. The maximum Gasteiger partial charge on any atom is 0.353 e. The summed E-state index contributed by atoms with van der Waals surface area (Å²) in [6, 6.07) is 7.70. The monoisotopic (exact) mass is 469 g/mol. The smallest absolute Gasteiger partial charge is 0.353 e. The summed E-state index contributed by atoms with van der Waals surface area (Å²) in [4.78, 5) is 19.1. The molecule has 1 aromatic heterocycles. The van der Waals surface area contributed by atoms with Gasteiger partial charge in [0, 0.05) is 21.8 Å². The first-order chi connectivity index (χ1) is 14.3. The molecule has 3 rings (SSSR count). The van der Waals surface area contributed by atoms with E-state index in [1.807, 2.05) is 0 Å². The van der Waals surface area contributed by atoms with Crippen LogP contribution in [0.5, 0.6) is 11.5 Å². The molecule has 0 saturated carbocycles. The average Bonchev–Trinajstić information content (AvgIpc) is 2.67. The number of methoxy groups -OCH3 is 2. The first-order valence-corrected chi connectivity index (χ1v) is 9.36. The lowest BCUT2D eigenvalue weighted by molar-refractivity contribution is -0.383. The summed E-state index contributed by atoms with van der Waals surface area (Å²) in [5, 5.41) is 18.5. The van der Waals surface area contributed by atoms with Crippen molar-refractivity contribution in [3.63, 3.8) is 0 Å². The highest BCUT2D eigenvalue weighted by atomic mass is 35.5. The fraction of sp³-hybridized carbons (Fsp3) is 0.111. The molecule has 0 amide bonds. The Balaban J connectivity index is 2.03. The summed E-state index contributed by atoms with van der Waals surface area (Å²) in [5.74, 6) is 0.594. The Morgan fingerprint density at radius 1 is 0.900 bits per heavy atom. The molecule has 2 aromatic carbocycles. The molecule has 0 bridgehead atoms. The Morgan fingerprint density at radius 2 is 1.50 bits per heavy atom. The summed E-state index contributed by atoms with van der Waals surface area (Å²) in [7, 11) is 2.90. The van der Waals surface area contributed by atoms with Gasteiger partial charge in [0.2, 0.25) is 11.6 Å². The van der Waals surface area contributed by atoms with Crippen LogP contribution in [0.3, 0.4) is 0 Å². The molecular weight excluding hydrogens is 457 g/mol. The highest BCUT2D eigenvalue weighted by molar-refractivity contribution is 6.35. The molecule has 0 aliphatic carbocycles. The zero-order chi connectivity index (χ0) is 21.8. The predicted octanol–water partition coefficient (Wildman–Crippen LogP) is 5.85. The van der Waals surface area contributed by atoms with Gasteiger partial charge in [0.15, 0.2) is 0 Å². The molecule has 0 spiro atoms. The largest absolute Gasteiger partial charge is 0.495 e. The second-order valence-corrected chi connectivity index (χ2v) is 7.05. The molecule has 0 atom stereocenters. The van der Waals surface area contributed by atoms with E-state index < -0.39 is 10.6 Å². The van der Waals surface area contributed by atoms with E-state index >= 15 is 0 Å². The summed E-state index contributed by atoms with van der Waals surface area (Å²) >= 11 is 18.2. The van der Waals surface area contributed by atoms with Crippen LogP contribution in [0.15, 0.2) is 36.7 Å². The van der Waals surface area contributed by atoms with E-state index in [1.165, 1.54) is 32.7 Å². The molecule has 3 aromatic rings. The summed E-state index contributed by atoms with van der Waals surface area (Å²) in [5.41, 5.74) is 0.370. The minimum Gasteiger partial charge on any atom is -0.495 e. The molecule has 2 N–H and O–H groups in total. The number of nitro groups is 1. The predicted molar refractivity (Wildman–Crippen MR) is 116 cm³/mol. The number of ether oxygens (including phenoxy) is 2. The second-order valence-electron chi connectivity index (χ2n) is 5.77. The zero-order valence-corrected chi connectivity index (χ0v) is 17.8. The van der Waals surface area contributed by atoms with Crippen LogP contribution in [0.2, 0.25) is 15.1 Å². The Morgan fingerprint density at radius 3 is 2.07 bits per heavy atom. The van der Waals surface area contributed by atoms with Crippen LogP contribution in [-0.4, -0.2) is 29.1 Å². The Labute approximate surface area is 186 Å². The van der Waals surface area contributed by atoms with Crippen molar-refractivity contribution in [3.05, 3.63) is 61.8 Å². The van der Waals surface area contributed by atoms with E-state index in [1.54, 1.807) is 18.2 Å². The first-order valence-electron chi connectivity index (χ1n) is 8.23. The van der Waals surface area contributed by atoms with Gasteiger partial charge in [-0.15, -0.1) is 0 Å². The van der Waals surface area contributed by atoms with Gasteiger partial charge in [-0.1, -0.05) is 34.8 Å². The van der Waals surface area contributed by atoms with Crippen LogP contribution in [0.1, 0.15) is 0 Å². The summed E-state index contributed by atoms with van der Waals surface area (Å²) in [6.07, 6.45) is 1.17. The van der Waals surface area contributed by atoms with Crippen LogP contribution in [0, 0.1) is 10.1 Å². The van der Waals surface area contributed by atoms with Crippen molar-refractivity contribution < 1.29 is 14.4 Å². The van der Waals surface area contributed by atoms with Crippen LogP contribution < -0.4 is 20.1 Å². The van der Waals surface area contributed by atoms with Gasteiger partial charge in [-0.25, -0.2) is 9.97 Å². The summed E-state index contributed by atoms with van der Waals surface area (Å²) in [6.45, 7) is 0. The number of aromatic nitrogens is 2. The maximum absolute atomic E-state index is 11.8. The molecule has 9 nitrogen and oxygen atoms in total. The molecular formula is C18H14Cl3N5O4. The Hall–Kier alpha value is -3.01. The Bertz CT molecular complexity index is 1090. The third-order valence-electron chi connectivity index (χ3n) is 3.86. The number of anilines is 4. The number of rotatable bonds is 7. The van der Waals surface area contributed by atoms with Crippen molar-refractivity contribution >= 4 is 63.5 Å². The van der Waals surface area contributed by atoms with E-state index in [4.69, 9.17) is 44.3 Å². The fourth-order valence-corrected chi connectivity index (χ4v) is 3.35. The van der Waals surface area contributed by atoms with Crippen LogP contribution >= 0.6 is 34.8 Å². The molecule has 0 aliphatic heterocycles. The van der Waals surface area contributed by atoms with E-state index in [2.05, 4.69) is 20.6 Å². The van der Waals surface area contributed by atoms with Crippen LogP contribution in [-0.2, 0) is 0 Å². The van der Waals surface area contributed by atoms with Gasteiger partial charge in [-0.3, -0.25) is 10.1 Å². The van der Waals surface area contributed by atoms with Gasteiger partial charge in [0.25, 0.3) is 0 Å². The molecule has 0 unspecified atom stereocenters. The number of hydrogen-bond acceptors (Lipinski definition) is 8. The minimum atomic E-state index is -0.617. The molecule has 12 heteroatoms. The highest BCUT2D eigenvalue weighted by Gasteiger charge is 2.25. The number of nitrogens with one attached hydrogen (secondary N) is 2. The molecule has 0 saturated heterocycles. The third kappa shape index (κ3) is 4.76. The minimum absolute atomic E-state index is 0.0607. The lowest BCUT2D eigenvalue weighted by Crippen LogP contribution is -2.06. The van der Waals surface area contributed by atoms with Gasteiger partial charge in [0.05, 0.1) is 29.9 Å². The van der Waals surface area contributed by atoms with Crippen LogP contribution in [0.4, 0.5) is 28.7 Å². The van der Waals surface area contributed by atoms with Crippen molar-refractivity contribution in [2.45, 2.75) is 0 Å². The first kappa shape index (κ1) is 21.7. The third-order valence-corrected chi connectivity index (χ3v) is 4.59. The van der Waals surface area contributed by atoms with Crippen LogP contribution in [0.25, 0.3) is 0 Å².